The number of aromatic nitrogens is 2. The van der Waals surface area contributed by atoms with Crippen molar-refractivity contribution < 1.29 is 0 Å². The summed E-state index contributed by atoms with van der Waals surface area (Å²) >= 11 is 0. The Kier molecular flexibility index (Phi) is 5.36. The summed E-state index contributed by atoms with van der Waals surface area (Å²) in [5.41, 5.74) is 4.94. The van der Waals surface area contributed by atoms with E-state index < -0.39 is 0 Å². The molecule has 4 heteroatoms. The van der Waals surface area contributed by atoms with Gasteiger partial charge in [0, 0.05) is 38.6 Å². The van der Waals surface area contributed by atoms with Crippen molar-refractivity contribution in [1.29, 1.82) is 0 Å². The first-order valence-corrected chi connectivity index (χ1v) is 8.47. The molecule has 122 valence electrons. The molecule has 1 aliphatic rings. The molecule has 0 N–H and O–H groups in total. The van der Waals surface area contributed by atoms with E-state index in [1.54, 1.807) is 0 Å². The molecule has 0 atom stereocenters. The predicted octanol–water partition coefficient (Wildman–Crippen LogP) is 2.80. The van der Waals surface area contributed by atoms with Gasteiger partial charge in [-0.25, -0.2) is 0 Å². The van der Waals surface area contributed by atoms with Crippen LogP contribution in [0.25, 0.3) is 0 Å². The Balaban J connectivity index is 1.54. The van der Waals surface area contributed by atoms with Gasteiger partial charge in [0.15, 0.2) is 0 Å². The summed E-state index contributed by atoms with van der Waals surface area (Å²) in [5, 5.41) is 0. The zero-order chi connectivity index (χ0) is 16.1. The van der Waals surface area contributed by atoms with Gasteiger partial charge in [0.1, 0.15) is 0 Å². The quantitative estimate of drug-likeness (QED) is 0.869. The molecule has 2 aromatic rings. The molecule has 0 aromatic carbocycles. The summed E-state index contributed by atoms with van der Waals surface area (Å²) in [5.74, 6) is 0. The summed E-state index contributed by atoms with van der Waals surface area (Å²) in [6.07, 6.45) is 5.04. The fourth-order valence-corrected chi connectivity index (χ4v) is 3.17. The molecular formula is C19H26N4. The number of nitrogens with zero attached hydrogens (tertiary/aromatic N) is 4. The second kappa shape index (κ2) is 7.66. The van der Waals surface area contributed by atoms with Gasteiger partial charge in [0.25, 0.3) is 0 Å². The maximum atomic E-state index is 4.50. The minimum absolute atomic E-state index is 0.957. The van der Waals surface area contributed by atoms with Crippen molar-refractivity contribution >= 4 is 0 Å². The van der Waals surface area contributed by atoms with Crippen LogP contribution in [0, 0.1) is 13.8 Å². The minimum Gasteiger partial charge on any atom is -0.296 e. The van der Waals surface area contributed by atoms with Crippen molar-refractivity contribution in [2.45, 2.75) is 33.4 Å². The molecule has 4 nitrogen and oxygen atoms in total. The summed E-state index contributed by atoms with van der Waals surface area (Å²) < 4.78 is 0. The molecule has 23 heavy (non-hydrogen) atoms. The van der Waals surface area contributed by atoms with E-state index in [9.17, 15) is 0 Å². The Morgan fingerprint density at radius 1 is 0.783 bits per heavy atom. The fourth-order valence-electron chi connectivity index (χ4n) is 3.17. The van der Waals surface area contributed by atoms with Crippen LogP contribution >= 0.6 is 0 Å². The molecule has 0 radical (unpaired) electrons. The first-order chi connectivity index (χ1) is 11.2. The molecule has 1 fully saturated rings. The average Bonchev–Trinajstić information content (AvgIpc) is 2.73. The highest BCUT2D eigenvalue weighted by Crippen LogP contribution is 2.11. The number of pyridine rings is 2. The molecule has 1 aliphatic heterocycles. The van der Waals surface area contributed by atoms with Gasteiger partial charge in [0.2, 0.25) is 0 Å². The summed E-state index contributed by atoms with van der Waals surface area (Å²) in [6.45, 7) is 10.7. The molecule has 3 rings (SSSR count). The third kappa shape index (κ3) is 4.85. The maximum Gasteiger partial charge on any atom is 0.0546 e. The topological polar surface area (TPSA) is 32.3 Å². The second-order valence-corrected chi connectivity index (χ2v) is 6.55. The monoisotopic (exact) mass is 310 g/mol. The first kappa shape index (κ1) is 16.1. The number of aryl methyl sites for hydroxylation is 2. The molecule has 0 unspecified atom stereocenters. The maximum absolute atomic E-state index is 4.50. The lowest BCUT2D eigenvalue weighted by atomic mass is 10.2. The number of rotatable bonds is 4. The average molecular weight is 310 g/mol. The third-order valence-electron chi connectivity index (χ3n) is 4.40. The van der Waals surface area contributed by atoms with Crippen LogP contribution < -0.4 is 0 Å². The lowest BCUT2D eigenvalue weighted by Crippen LogP contribution is -2.30. The Hall–Kier alpha value is -1.78. The highest BCUT2D eigenvalue weighted by molar-refractivity contribution is 5.15. The van der Waals surface area contributed by atoms with Crippen molar-refractivity contribution in [1.82, 2.24) is 19.8 Å². The third-order valence-corrected chi connectivity index (χ3v) is 4.40. The molecule has 1 saturated heterocycles. The predicted molar refractivity (Wildman–Crippen MR) is 93.1 cm³/mol. The van der Waals surface area contributed by atoms with Gasteiger partial charge in [-0.3, -0.25) is 19.8 Å². The lowest BCUT2D eigenvalue weighted by Gasteiger charge is -2.21. The smallest absolute Gasteiger partial charge is 0.0546 e. The highest BCUT2D eigenvalue weighted by atomic mass is 15.2. The van der Waals surface area contributed by atoms with Gasteiger partial charge >= 0.3 is 0 Å². The normalized spacial score (nSPS) is 17.1. The Labute approximate surface area is 139 Å². The molecule has 0 saturated carbocycles. The van der Waals surface area contributed by atoms with Crippen molar-refractivity contribution in [2.75, 3.05) is 26.2 Å². The Morgan fingerprint density at radius 3 is 1.70 bits per heavy atom. The van der Waals surface area contributed by atoms with E-state index >= 15 is 0 Å². The van der Waals surface area contributed by atoms with Gasteiger partial charge in [-0.15, -0.1) is 0 Å². The number of hydrogen-bond acceptors (Lipinski definition) is 4. The van der Waals surface area contributed by atoms with Crippen molar-refractivity contribution in [3.8, 4) is 0 Å². The zero-order valence-electron chi connectivity index (χ0n) is 14.2. The number of hydrogen-bond donors (Lipinski definition) is 0. The van der Waals surface area contributed by atoms with E-state index in [4.69, 9.17) is 0 Å². The first-order valence-electron chi connectivity index (χ1n) is 8.47. The highest BCUT2D eigenvalue weighted by Gasteiger charge is 2.16. The van der Waals surface area contributed by atoms with Crippen LogP contribution in [0.1, 0.15) is 28.9 Å². The van der Waals surface area contributed by atoms with E-state index in [1.165, 1.54) is 28.9 Å². The van der Waals surface area contributed by atoms with E-state index in [0.717, 1.165) is 39.3 Å². The second-order valence-electron chi connectivity index (χ2n) is 6.55. The van der Waals surface area contributed by atoms with Gasteiger partial charge in [-0.2, -0.15) is 0 Å². The largest absolute Gasteiger partial charge is 0.296 e. The van der Waals surface area contributed by atoms with Gasteiger partial charge in [0.05, 0.1) is 11.4 Å². The van der Waals surface area contributed by atoms with Crippen LogP contribution in [0.5, 0.6) is 0 Å². The van der Waals surface area contributed by atoms with Gasteiger partial charge < -0.3 is 0 Å². The van der Waals surface area contributed by atoms with Crippen molar-refractivity contribution in [3.63, 3.8) is 0 Å². The van der Waals surface area contributed by atoms with E-state index in [1.807, 2.05) is 12.4 Å². The van der Waals surface area contributed by atoms with Crippen LogP contribution in [0.3, 0.4) is 0 Å². The molecule has 0 aliphatic carbocycles. The molecule has 0 spiro atoms. The van der Waals surface area contributed by atoms with Crippen molar-refractivity contribution in [3.05, 3.63) is 59.2 Å². The van der Waals surface area contributed by atoms with Crippen molar-refractivity contribution in [2.24, 2.45) is 0 Å². The lowest BCUT2D eigenvalue weighted by molar-refractivity contribution is 0.244. The standard InChI is InChI=1S/C19H26N4/c1-16-4-6-20-18(12-16)14-22-8-3-9-23(11-10-22)15-19-13-17(2)5-7-21-19/h4-7,12-13H,3,8-11,14-15H2,1-2H3. The van der Waals surface area contributed by atoms with E-state index in [0.29, 0.717) is 0 Å². The molecular weight excluding hydrogens is 284 g/mol. The fraction of sp³-hybridized carbons (Fsp3) is 0.474. The Bertz CT molecular complexity index is 585. The van der Waals surface area contributed by atoms with E-state index in [2.05, 4.69) is 57.9 Å². The SMILES string of the molecule is Cc1ccnc(CN2CCCN(Cc3cc(C)ccn3)CC2)c1. The molecule has 0 amide bonds. The van der Waals surface area contributed by atoms with Crippen LogP contribution in [0.15, 0.2) is 36.7 Å². The van der Waals surface area contributed by atoms with Crippen LogP contribution in [0.4, 0.5) is 0 Å². The molecule has 3 heterocycles. The summed E-state index contributed by atoms with van der Waals surface area (Å²) in [4.78, 5) is 14.0. The van der Waals surface area contributed by atoms with Crippen LogP contribution in [-0.2, 0) is 13.1 Å². The van der Waals surface area contributed by atoms with Crippen LogP contribution in [-0.4, -0.2) is 45.9 Å². The minimum atomic E-state index is 0.957. The molecule has 2 aromatic heterocycles. The Morgan fingerprint density at radius 2 is 1.26 bits per heavy atom. The van der Waals surface area contributed by atoms with Gasteiger partial charge in [-0.1, -0.05) is 0 Å². The zero-order valence-corrected chi connectivity index (χ0v) is 14.2. The molecule has 0 bridgehead atoms. The van der Waals surface area contributed by atoms with Gasteiger partial charge in [-0.05, 0) is 68.8 Å². The summed E-state index contributed by atoms with van der Waals surface area (Å²) in [6, 6.07) is 8.50. The van der Waals surface area contributed by atoms with Crippen LogP contribution in [0.2, 0.25) is 0 Å². The summed E-state index contributed by atoms with van der Waals surface area (Å²) in [7, 11) is 0. The van der Waals surface area contributed by atoms with E-state index in [-0.39, 0.29) is 0 Å².